The molecule has 18 heavy (non-hydrogen) atoms. The van der Waals surface area contributed by atoms with Gasteiger partial charge >= 0.3 is 6.03 Å². The molecule has 1 aromatic rings. The van der Waals surface area contributed by atoms with Crippen molar-refractivity contribution in [2.45, 2.75) is 25.9 Å². The molecular weight excluding hydrogens is 232 g/mol. The van der Waals surface area contributed by atoms with E-state index in [1.165, 1.54) is 0 Å². The van der Waals surface area contributed by atoms with Gasteiger partial charge in [-0.25, -0.2) is 4.79 Å². The Kier molecular flexibility index (Phi) is 4.58. The van der Waals surface area contributed by atoms with Crippen molar-refractivity contribution >= 4 is 6.03 Å². The van der Waals surface area contributed by atoms with Gasteiger partial charge in [-0.15, -0.1) is 0 Å². The summed E-state index contributed by atoms with van der Waals surface area (Å²) in [5.74, 6) is 0.456. The van der Waals surface area contributed by atoms with Crippen LogP contribution in [0.15, 0.2) is 18.5 Å². The van der Waals surface area contributed by atoms with Crippen LogP contribution in [0.3, 0.4) is 0 Å². The maximum Gasteiger partial charge on any atom is 0.315 e. The van der Waals surface area contributed by atoms with E-state index in [4.69, 9.17) is 4.74 Å². The zero-order valence-corrected chi connectivity index (χ0v) is 10.6. The second-order valence-corrected chi connectivity index (χ2v) is 4.71. The molecule has 2 atom stereocenters. The number of aromatic nitrogens is 2. The van der Waals surface area contributed by atoms with Crippen molar-refractivity contribution in [3.8, 4) is 0 Å². The zero-order valence-electron chi connectivity index (χ0n) is 10.6. The van der Waals surface area contributed by atoms with Gasteiger partial charge in [0.15, 0.2) is 0 Å². The first-order valence-corrected chi connectivity index (χ1v) is 6.33. The second-order valence-electron chi connectivity index (χ2n) is 4.71. The third kappa shape index (κ3) is 4.03. The lowest BCUT2D eigenvalue weighted by molar-refractivity contribution is 0.185. The summed E-state index contributed by atoms with van der Waals surface area (Å²) in [5.41, 5.74) is 0. The van der Waals surface area contributed by atoms with Crippen molar-refractivity contribution in [3.63, 3.8) is 0 Å². The molecule has 1 saturated heterocycles. The molecule has 100 valence electrons. The van der Waals surface area contributed by atoms with Gasteiger partial charge in [0.2, 0.25) is 0 Å². The van der Waals surface area contributed by atoms with Crippen LogP contribution in [0.5, 0.6) is 0 Å². The van der Waals surface area contributed by atoms with Crippen LogP contribution in [0, 0.1) is 5.92 Å². The molecule has 0 saturated carbocycles. The fraction of sp³-hybridized carbons (Fsp3) is 0.667. The van der Waals surface area contributed by atoms with Crippen molar-refractivity contribution in [1.29, 1.82) is 0 Å². The number of rotatable bonds is 5. The molecule has 1 aromatic heterocycles. The Morgan fingerprint density at radius 1 is 1.67 bits per heavy atom. The lowest BCUT2D eigenvalue weighted by Crippen LogP contribution is -2.44. The van der Waals surface area contributed by atoms with Gasteiger partial charge < -0.3 is 15.4 Å². The molecule has 0 unspecified atom stereocenters. The van der Waals surface area contributed by atoms with E-state index in [-0.39, 0.29) is 12.1 Å². The number of carbonyl (C=O) groups excluding carboxylic acids is 1. The molecular formula is C12H20N4O2. The summed E-state index contributed by atoms with van der Waals surface area (Å²) in [6, 6.07) is 1.79. The molecule has 2 rings (SSSR count). The molecule has 0 aliphatic carbocycles. The largest absolute Gasteiger partial charge is 0.381 e. The maximum atomic E-state index is 11.6. The number of amides is 2. The maximum absolute atomic E-state index is 11.6. The van der Waals surface area contributed by atoms with E-state index in [2.05, 4.69) is 15.7 Å². The van der Waals surface area contributed by atoms with Gasteiger partial charge in [0.25, 0.3) is 0 Å². The number of hydrogen-bond donors (Lipinski definition) is 2. The predicted octanol–water partition coefficient (Wildman–Crippen LogP) is 0.607. The van der Waals surface area contributed by atoms with E-state index in [1.807, 2.05) is 19.2 Å². The average Bonchev–Trinajstić information content (AvgIpc) is 2.98. The fourth-order valence-electron chi connectivity index (χ4n) is 1.99. The smallest absolute Gasteiger partial charge is 0.315 e. The van der Waals surface area contributed by atoms with Crippen LogP contribution in [0.2, 0.25) is 0 Å². The molecule has 2 amide bonds. The first-order valence-electron chi connectivity index (χ1n) is 6.33. The van der Waals surface area contributed by atoms with Crippen molar-refractivity contribution in [2.75, 3.05) is 19.8 Å². The van der Waals surface area contributed by atoms with Gasteiger partial charge in [0.1, 0.15) is 0 Å². The average molecular weight is 252 g/mol. The van der Waals surface area contributed by atoms with Gasteiger partial charge in [-0.05, 0) is 19.4 Å². The van der Waals surface area contributed by atoms with Gasteiger partial charge in [-0.2, -0.15) is 5.10 Å². The van der Waals surface area contributed by atoms with E-state index in [0.717, 1.165) is 19.6 Å². The van der Waals surface area contributed by atoms with Crippen LogP contribution in [-0.4, -0.2) is 41.6 Å². The van der Waals surface area contributed by atoms with E-state index >= 15 is 0 Å². The third-order valence-corrected chi connectivity index (χ3v) is 2.97. The number of ether oxygens (including phenoxy) is 1. The van der Waals surface area contributed by atoms with E-state index < -0.39 is 0 Å². The van der Waals surface area contributed by atoms with Gasteiger partial charge in [0.05, 0.1) is 13.2 Å². The zero-order chi connectivity index (χ0) is 12.8. The predicted molar refractivity (Wildman–Crippen MR) is 67.1 cm³/mol. The normalized spacial score (nSPS) is 20.6. The quantitative estimate of drug-likeness (QED) is 0.806. The number of urea groups is 1. The highest BCUT2D eigenvalue weighted by atomic mass is 16.5. The number of carbonyl (C=O) groups is 1. The number of nitrogens with one attached hydrogen (secondary N) is 2. The Bertz CT molecular complexity index is 360. The minimum Gasteiger partial charge on any atom is -0.381 e. The SMILES string of the molecule is C[C@H](Cn1cccn1)NC(=O)NC[C@@H]1CCOC1. The van der Waals surface area contributed by atoms with Gasteiger partial charge in [0, 0.05) is 37.5 Å². The molecule has 6 nitrogen and oxygen atoms in total. The Hall–Kier alpha value is -1.56. The highest BCUT2D eigenvalue weighted by Gasteiger charge is 2.16. The van der Waals surface area contributed by atoms with E-state index in [0.29, 0.717) is 19.0 Å². The van der Waals surface area contributed by atoms with Crippen molar-refractivity contribution in [2.24, 2.45) is 5.92 Å². The van der Waals surface area contributed by atoms with Crippen LogP contribution in [-0.2, 0) is 11.3 Å². The Balaban J connectivity index is 1.63. The fourth-order valence-corrected chi connectivity index (χ4v) is 1.99. The standard InChI is InChI=1S/C12H20N4O2/c1-10(8-16-5-2-4-14-16)15-12(17)13-7-11-3-6-18-9-11/h2,4-5,10-11H,3,6-9H2,1H3,(H2,13,15,17)/t10-,11+/m1/s1. The molecule has 0 aromatic carbocycles. The summed E-state index contributed by atoms with van der Waals surface area (Å²) >= 11 is 0. The Morgan fingerprint density at radius 3 is 3.22 bits per heavy atom. The Morgan fingerprint density at radius 2 is 2.56 bits per heavy atom. The third-order valence-electron chi connectivity index (χ3n) is 2.97. The summed E-state index contributed by atoms with van der Waals surface area (Å²) in [5, 5.41) is 9.87. The first-order chi connectivity index (χ1) is 8.74. The minimum atomic E-state index is -0.124. The number of hydrogen-bond acceptors (Lipinski definition) is 3. The molecule has 2 heterocycles. The molecule has 0 spiro atoms. The van der Waals surface area contributed by atoms with Crippen LogP contribution in [0.1, 0.15) is 13.3 Å². The molecule has 1 aliphatic rings. The first kappa shape index (κ1) is 12.9. The summed E-state index contributed by atoms with van der Waals surface area (Å²) < 4.78 is 7.06. The van der Waals surface area contributed by atoms with Crippen LogP contribution in [0.25, 0.3) is 0 Å². The molecule has 1 fully saturated rings. The lowest BCUT2D eigenvalue weighted by Gasteiger charge is -2.16. The van der Waals surface area contributed by atoms with Gasteiger partial charge in [-0.3, -0.25) is 4.68 Å². The summed E-state index contributed by atoms with van der Waals surface area (Å²) in [4.78, 5) is 11.6. The highest BCUT2D eigenvalue weighted by Crippen LogP contribution is 2.10. The summed E-state index contributed by atoms with van der Waals surface area (Å²) in [6.07, 6.45) is 4.64. The molecule has 0 bridgehead atoms. The van der Waals surface area contributed by atoms with Crippen LogP contribution >= 0.6 is 0 Å². The van der Waals surface area contributed by atoms with E-state index in [9.17, 15) is 4.79 Å². The molecule has 6 heteroatoms. The second kappa shape index (κ2) is 6.39. The molecule has 1 aliphatic heterocycles. The highest BCUT2D eigenvalue weighted by molar-refractivity contribution is 5.74. The monoisotopic (exact) mass is 252 g/mol. The van der Waals surface area contributed by atoms with Crippen molar-refractivity contribution < 1.29 is 9.53 Å². The van der Waals surface area contributed by atoms with E-state index in [1.54, 1.807) is 10.9 Å². The topological polar surface area (TPSA) is 68.2 Å². The van der Waals surface area contributed by atoms with Crippen LogP contribution in [0.4, 0.5) is 4.79 Å². The summed E-state index contributed by atoms with van der Waals surface area (Å²) in [6.45, 7) is 4.88. The molecule has 2 N–H and O–H groups in total. The Labute approximate surface area is 107 Å². The van der Waals surface area contributed by atoms with Crippen molar-refractivity contribution in [1.82, 2.24) is 20.4 Å². The summed E-state index contributed by atoms with van der Waals surface area (Å²) in [7, 11) is 0. The number of nitrogens with zero attached hydrogens (tertiary/aromatic N) is 2. The van der Waals surface area contributed by atoms with Gasteiger partial charge in [-0.1, -0.05) is 0 Å². The molecule has 0 radical (unpaired) electrons. The minimum absolute atomic E-state index is 0.0460. The van der Waals surface area contributed by atoms with Crippen molar-refractivity contribution in [3.05, 3.63) is 18.5 Å². The lowest BCUT2D eigenvalue weighted by atomic mass is 10.1. The van der Waals surface area contributed by atoms with Crippen LogP contribution < -0.4 is 10.6 Å².